The van der Waals surface area contributed by atoms with E-state index in [-0.39, 0.29) is 5.91 Å². The number of nitrogens with zero attached hydrogens (tertiary/aromatic N) is 3. The van der Waals surface area contributed by atoms with Gasteiger partial charge in [0.2, 0.25) is 0 Å². The second-order valence-corrected chi connectivity index (χ2v) is 5.99. The standard InChI is InChI=1S/C20H20N4O/c1-14-9-15(2)11-16(10-14)23-19-12-18(21-13-22-19)20(25)24(3)17-7-5-4-6-8-17/h4-13H,1-3H3,(H,21,22,23). The summed E-state index contributed by atoms with van der Waals surface area (Å²) in [7, 11) is 1.73. The highest BCUT2D eigenvalue weighted by molar-refractivity contribution is 6.04. The van der Waals surface area contributed by atoms with Gasteiger partial charge >= 0.3 is 0 Å². The molecule has 1 N–H and O–H groups in total. The Balaban J connectivity index is 1.82. The van der Waals surface area contributed by atoms with E-state index in [9.17, 15) is 4.79 Å². The second-order valence-electron chi connectivity index (χ2n) is 5.99. The predicted molar refractivity (Wildman–Crippen MR) is 100 cm³/mol. The van der Waals surface area contributed by atoms with Gasteiger partial charge < -0.3 is 10.2 Å². The molecule has 0 fully saturated rings. The van der Waals surface area contributed by atoms with E-state index in [1.165, 1.54) is 6.33 Å². The molecule has 0 aliphatic rings. The summed E-state index contributed by atoms with van der Waals surface area (Å²) >= 11 is 0. The Bertz CT molecular complexity index is 873. The first-order chi connectivity index (χ1) is 12.0. The van der Waals surface area contributed by atoms with Crippen LogP contribution in [-0.2, 0) is 0 Å². The van der Waals surface area contributed by atoms with Gasteiger partial charge in [0.15, 0.2) is 0 Å². The van der Waals surface area contributed by atoms with E-state index in [2.05, 4.69) is 21.4 Å². The zero-order chi connectivity index (χ0) is 17.8. The van der Waals surface area contributed by atoms with E-state index in [0.717, 1.165) is 22.5 Å². The minimum Gasteiger partial charge on any atom is -0.340 e. The monoisotopic (exact) mass is 332 g/mol. The van der Waals surface area contributed by atoms with Gasteiger partial charge in [0.25, 0.3) is 5.91 Å². The van der Waals surface area contributed by atoms with Crippen molar-refractivity contribution in [1.29, 1.82) is 0 Å². The summed E-state index contributed by atoms with van der Waals surface area (Å²) in [6, 6.07) is 17.3. The number of hydrogen-bond donors (Lipinski definition) is 1. The quantitative estimate of drug-likeness (QED) is 0.781. The van der Waals surface area contributed by atoms with Crippen LogP contribution in [0.5, 0.6) is 0 Å². The molecule has 0 saturated heterocycles. The van der Waals surface area contributed by atoms with Gasteiger partial charge in [-0.15, -0.1) is 0 Å². The van der Waals surface area contributed by atoms with Gasteiger partial charge in [0.1, 0.15) is 17.8 Å². The molecule has 3 rings (SSSR count). The Kier molecular flexibility index (Phi) is 4.75. The molecule has 0 bridgehead atoms. The van der Waals surface area contributed by atoms with Crippen molar-refractivity contribution in [2.45, 2.75) is 13.8 Å². The summed E-state index contributed by atoms with van der Waals surface area (Å²) in [4.78, 5) is 22.6. The molecule has 1 heterocycles. The molecule has 0 saturated carbocycles. The number of aromatic nitrogens is 2. The summed E-state index contributed by atoms with van der Waals surface area (Å²) < 4.78 is 0. The summed E-state index contributed by atoms with van der Waals surface area (Å²) in [6.45, 7) is 4.09. The van der Waals surface area contributed by atoms with Crippen LogP contribution in [0.3, 0.4) is 0 Å². The van der Waals surface area contributed by atoms with Crippen molar-refractivity contribution in [1.82, 2.24) is 9.97 Å². The van der Waals surface area contributed by atoms with Crippen molar-refractivity contribution in [3.63, 3.8) is 0 Å². The normalized spacial score (nSPS) is 10.4. The fourth-order valence-corrected chi connectivity index (χ4v) is 2.68. The Morgan fingerprint density at radius 1 is 0.960 bits per heavy atom. The number of amides is 1. The van der Waals surface area contributed by atoms with Crippen molar-refractivity contribution in [3.8, 4) is 0 Å². The minimum atomic E-state index is -0.183. The molecule has 126 valence electrons. The molecule has 25 heavy (non-hydrogen) atoms. The van der Waals surface area contributed by atoms with E-state index in [1.807, 2.05) is 56.3 Å². The van der Waals surface area contributed by atoms with Gasteiger partial charge in [-0.25, -0.2) is 9.97 Å². The lowest BCUT2D eigenvalue weighted by molar-refractivity contribution is 0.0988. The molecule has 1 amide bonds. The molecule has 0 aliphatic carbocycles. The Morgan fingerprint density at radius 2 is 1.64 bits per heavy atom. The predicted octanol–water partition coefficient (Wildman–Crippen LogP) is 4.11. The number of nitrogens with one attached hydrogen (secondary N) is 1. The number of hydrogen-bond acceptors (Lipinski definition) is 4. The Hall–Kier alpha value is -3.21. The topological polar surface area (TPSA) is 58.1 Å². The summed E-state index contributed by atoms with van der Waals surface area (Å²) in [5.41, 5.74) is 4.42. The third-order valence-electron chi connectivity index (χ3n) is 3.83. The Labute approximate surface area is 147 Å². The molecular formula is C20H20N4O. The molecule has 5 heteroatoms. The first-order valence-corrected chi connectivity index (χ1v) is 8.03. The van der Waals surface area contributed by atoms with Gasteiger partial charge in [-0.05, 0) is 49.2 Å². The van der Waals surface area contributed by atoms with Crippen molar-refractivity contribution in [2.24, 2.45) is 0 Å². The second kappa shape index (κ2) is 7.13. The van der Waals surface area contributed by atoms with E-state index >= 15 is 0 Å². The molecule has 0 unspecified atom stereocenters. The van der Waals surface area contributed by atoms with Crippen LogP contribution < -0.4 is 10.2 Å². The molecule has 0 atom stereocenters. The molecule has 1 aromatic heterocycles. The third-order valence-corrected chi connectivity index (χ3v) is 3.83. The summed E-state index contributed by atoms with van der Waals surface area (Å²) in [5, 5.41) is 3.24. The highest BCUT2D eigenvalue weighted by Crippen LogP contribution is 2.19. The van der Waals surface area contributed by atoms with Crippen LogP contribution >= 0.6 is 0 Å². The lowest BCUT2D eigenvalue weighted by Crippen LogP contribution is -2.27. The molecular weight excluding hydrogens is 312 g/mol. The van der Waals surface area contributed by atoms with Crippen LogP contribution in [0, 0.1) is 13.8 Å². The zero-order valence-corrected chi connectivity index (χ0v) is 14.5. The summed E-state index contributed by atoms with van der Waals surface area (Å²) in [6.07, 6.45) is 1.40. The molecule has 3 aromatic rings. The molecule has 0 aliphatic heterocycles. The number of para-hydroxylation sites is 1. The van der Waals surface area contributed by atoms with E-state index in [4.69, 9.17) is 0 Å². The molecule has 2 aromatic carbocycles. The van der Waals surface area contributed by atoms with Crippen LogP contribution in [0.2, 0.25) is 0 Å². The van der Waals surface area contributed by atoms with Crippen molar-refractivity contribution < 1.29 is 4.79 Å². The third kappa shape index (κ3) is 4.01. The van der Waals surface area contributed by atoms with Gasteiger partial charge in [-0.3, -0.25) is 4.79 Å². The highest BCUT2D eigenvalue weighted by atomic mass is 16.2. The fraction of sp³-hybridized carbons (Fsp3) is 0.150. The highest BCUT2D eigenvalue weighted by Gasteiger charge is 2.15. The summed E-state index contributed by atoms with van der Waals surface area (Å²) in [5.74, 6) is 0.405. The maximum absolute atomic E-state index is 12.7. The van der Waals surface area contributed by atoms with E-state index in [1.54, 1.807) is 18.0 Å². The van der Waals surface area contributed by atoms with Crippen molar-refractivity contribution in [2.75, 3.05) is 17.3 Å². The Morgan fingerprint density at radius 3 is 2.32 bits per heavy atom. The lowest BCUT2D eigenvalue weighted by atomic mass is 10.1. The van der Waals surface area contributed by atoms with Crippen LogP contribution in [0.1, 0.15) is 21.6 Å². The van der Waals surface area contributed by atoms with Crippen LogP contribution in [-0.4, -0.2) is 22.9 Å². The van der Waals surface area contributed by atoms with Gasteiger partial charge in [0.05, 0.1) is 0 Å². The number of rotatable bonds is 4. The maximum Gasteiger partial charge on any atom is 0.276 e. The molecule has 0 radical (unpaired) electrons. The van der Waals surface area contributed by atoms with Crippen molar-refractivity contribution in [3.05, 3.63) is 77.7 Å². The van der Waals surface area contributed by atoms with Gasteiger partial charge in [-0.1, -0.05) is 24.3 Å². The number of carbonyl (C=O) groups excluding carboxylic acids is 1. The van der Waals surface area contributed by atoms with Crippen molar-refractivity contribution >= 4 is 23.1 Å². The maximum atomic E-state index is 12.7. The van der Waals surface area contributed by atoms with Gasteiger partial charge in [0, 0.05) is 24.5 Å². The van der Waals surface area contributed by atoms with Crippen LogP contribution in [0.15, 0.2) is 60.9 Å². The molecule has 0 spiro atoms. The fourth-order valence-electron chi connectivity index (χ4n) is 2.68. The SMILES string of the molecule is Cc1cc(C)cc(Nc2cc(C(=O)N(C)c3ccccc3)ncn2)c1. The largest absolute Gasteiger partial charge is 0.340 e. The van der Waals surface area contributed by atoms with Crippen LogP contribution in [0.4, 0.5) is 17.2 Å². The smallest absolute Gasteiger partial charge is 0.276 e. The number of benzene rings is 2. The lowest BCUT2D eigenvalue weighted by Gasteiger charge is -2.17. The minimum absolute atomic E-state index is 0.183. The molecule has 5 nitrogen and oxygen atoms in total. The van der Waals surface area contributed by atoms with Crippen LogP contribution in [0.25, 0.3) is 0 Å². The number of aryl methyl sites for hydroxylation is 2. The average Bonchev–Trinajstić information content (AvgIpc) is 2.60. The first-order valence-electron chi connectivity index (χ1n) is 8.03. The number of anilines is 3. The van der Waals surface area contributed by atoms with Gasteiger partial charge in [-0.2, -0.15) is 0 Å². The van der Waals surface area contributed by atoms with E-state index in [0.29, 0.717) is 11.5 Å². The first kappa shape index (κ1) is 16.6. The zero-order valence-electron chi connectivity index (χ0n) is 14.5. The average molecular weight is 332 g/mol. The van der Waals surface area contributed by atoms with E-state index < -0.39 is 0 Å². The number of carbonyl (C=O) groups is 1.